The van der Waals surface area contributed by atoms with Gasteiger partial charge in [-0.05, 0) is 41.9 Å². The van der Waals surface area contributed by atoms with Crippen molar-refractivity contribution in [1.29, 1.82) is 0 Å². The molecule has 0 heterocycles. The molecule has 3 aliphatic carbocycles. The van der Waals surface area contributed by atoms with Crippen LogP contribution < -0.4 is 0 Å². The Morgan fingerprint density at radius 2 is 1.94 bits per heavy atom. The highest BCUT2D eigenvalue weighted by molar-refractivity contribution is 5.83. The molecule has 1 N–H and O–H groups in total. The fraction of sp³-hybridized carbons (Fsp3) is 0.929. The van der Waals surface area contributed by atoms with Crippen molar-refractivity contribution in [2.45, 2.75) is 46.1 Å². The zero-order valence-corrected chi connectivity index (χ0v) is 10.4. The summed E-state index contributed by atoms with van der Waals surface area (Å²) in [7, 11) is 0. The lowest BCUT2D eigenvalue weighted by Gasteiger charge is -2.23. The molecule has 0 aliphatic heterocycles. The van der Waals surface area contributed by atoms with E-state index in [9.17, 15) is 9.90 Å². The van der Waals surface area contributed by atoms with Crippen LogP contribution in [0.3, 0.4) is 0 Å². The molecule has 0 unspecified atom stereocenters. The second-order valence-corrected chi connectivity index (χ2v) is 6.85. The molecule has 0 bridgehead atoms. The molecule has 3 aliphatic rings. The van der Waals surface area contributed by atoms with E-state index in [2.05, 4.69) is 20.8 Å². The van der Waals surface area contributed by atoms with Crippen LogP contribution in [0.15, 0.2) is 0 Å². The van der Waals surface area contributed by atoms with Gasteiger partial charge in [-0.25, -0.2) is 0 Å². The number of hydrogen-bond donors (Lipinski definition) is 1. The van der Waals surface area contributed by atoms with Crippen molar-refractivity contribution in [3.8, 4) is 0 Å². The van der Waals surface area contributed by atoms with Gasteiger partial charge >= 0.3 is 0 Å². The Kier molecular flexibility index (Phi) is 2.08. The molecular weight excluding hydrogens is 200 g/mol. The van der Waals surface area contributed by atoms with Crippen LogP contribution in [0, 0.1) is 35.0 Å². The summed E-state index contributed by atoms with van der Waals surface area (Å²) in [6.45, 7) is 6.83. The molecule has 2 heteroatoms. The lowest BCUT2D eigenvalue weighted by molar-refractivity contribution is -0.125. The monoisotopic (exact) mass is 222 g/mol. The van der Waals surface area contributed by atoms with E-state index in [-0.39, 0.29) is 17.4 Å². The number of aliphatic hydroxyl groups is 1. The molecule has 0 radical (unpaired) electrons. The average Bonchev–Trinajstić information content (AvgIpc) is 2.58. The van der Waals surface area contributed by atoms with E-state index in [1.165, 1.54) is 6.42 Å². The molecule has 0 aromatic carbocycles. The largest absolute Gasteiger partial charge is 0.392 e. The fourth-order valence-corrected chi connectivity index (χ4v) is 4.88. The third-order valence-electron chi connectivity index (χ3n) is 5.70. The second kappa shape index (κ2) is 3.10. The predicted octanol–water partition coefficient (Wildman–Crippen LogP) is 2.25. The van der Waals surface area contributed by atoms with Gasteiger partial charge in [-0.15, -0.1) is 0 Å². The van der Waals surface area contributed by atoms with Crippen molar-refractivity contribution in [2.24, 2.45) is 35.0 Å². The first-order valence-electron chi connectivity index (χ1n) is 6.65. The summed E-state index contributed by atoms with van der Waals surface area (Å²) in [5, 5.41) is 10.1. The van der Waals surface area contributed by atoms with Crippen LogP contribution in [0.4, 0.5) is 0 Å². The van der Waals surface area contributed by atoms with Gasteiger partial charge in [0.2, 0.25) is 0 Å². The van der Waals surface area contributed by atoms with Gasteiger partial charge in [0.1, 0.15) is 5.78 Å². The summed E-state index contributed by atoms with van der Waals surface area (Å²) < 4.78 is 0. The van der Waals surface area contributed by atoms with Crippen LogP contribution in [-0.2, 0) is 4.79 Å². The van der Waals surface area contributed by atoms with Crippen molar-refractivity contribution >= 4 is 5.78 Å². The van der Waals surface area contributed by atoms with Gasteiger partial charge in [0.05, 0.1) is 6.10 Å². The van der Waals surface area contributed by atoms with Crippen LogP contribution in [0.5, 0.6) is 0 Å². The summed E-state index contributed by atoms with van der Waals surface area (Å²) in [5.74, 6) is 2.81. The number of hydrogen-bond acceptors (Lipinski definition) is 2. The number of carbonyl (C=O) groups excluding carboxylic acids is 1. The predicted molar refractivity (Wildman–Crippen MR) is 61.8 cm³/mol. The van der Waals surface area contributed by atoms with Crippen LogP contribution >= 0.6 is 0 Å². The zero-order chi connectivity index (χ0) is 11.7. The maximum atomic E-state index is 12.1. The smallest absolute Gasteiger partial charge is 0.138 e. The molecule has 0 spiro atoms. The summed E-state index contributed by atoms with van der Waals surface area (Å²) >= 11 is 0. The fourth-order valence-electron chi connectivity index (χ4n) is 4.88. The number of Topliss-reactive ketones (excluding diaryl/α,β-unsaturated/α-hetero) is 1. The third kappa shape index (κ3) is 1.20. The van der Waals surface area contributed by atoms with Crippen molar-refractivity contribution in [3.05, 3.63) is 0 Å². The minimum Gasteiger partial charge on any atom is -0.392 e. The lowest BCUT2D eigenvalue weighted by atomic mass is 9.81. The number of ketones is 1. The summed E-state index contributed by atoms with van der Waals surface area (Å²) in [6, 6.07) is 0. The van der Waals surface area contributed by atoms with E-state index in [1.54, 1.807) is 0 Å². The number of rotatable bonds is 0. The van der Waals surface area contributed by atoms with Crippen molar-refractivity contribution in [2.75, 3.05) is 0 Å². The standard InChI is InChI=1S/C14H22O2/c1-7-4-5-8-9(15)6-10(16)12-13(11(7)8)14(12,2)3/h7-8,10-13,16H,4-6H2,1-3H3/t7-,8+,10-,11-,12-,13+/m1/s1. The Balaban J connectivity index is 1.96. The Bertz CT molecular complexity index is 334. The van der Waals surface area contributed by atoms with Crippen molar-refractivity contribution < 1.29 is 9.90 Å². The number of carbonyl (C=O) groups is 1. The highest BCUT2D eigenvalue weighted by atomic mass is 16.3. The number of aliphatic hydroxyl groups excluding tert-OH is 1. The van der Waals surface area contributed by atoms with Gasteiger partial charge in [-0.1, -0.05) is 20.8 Å². The Morgan fingerprint density at radius 1 is 1.25 bits per heavy atom. The first kappa shape index (κ1) is 10.8. The Labute approximate surface area is 97.4 Å². The van der Waals surface area contributed by atoms with Gasteiger partial charge in [0.15, 0.2) is 0 Å². The van der Waals surface area contributed by atoms with Gasteiger partial charge in [-0.2, -0.15) is 0 Å². The van der Waals surface area contributed by atoms with Gasteiger partial charge in [-0.3, -0.25) is 4.79 Å². The first-order valence-corrected chi connectivity index (χ1v) is 6.65. The summed E-state index contributed by atoms with van der Waals surface area (Å²) in [6.07, 6.45) is 2.32. The molecule has 2 nitrogen and oxygen atoms in total. The first-order chi connectivity index (χ1) is 7.44. The molecule has 0 aromatic rings. The van der Waals surface area contributed by atoms with E-state index in [1.807, 2.05) is 0 Å². The molecule has 3 rings (SSSR count). The lowest BCUT2D eigenvalue weighted by Crippen LogP contribution is -2.25. The van der Waals surface area contributed by atoms with Crippen molar-refractivity contribution in [1.82, 2.24) is 0 Å². The maximum Gasteiger partial charge on any atom is 0.138 e. The summed E-state index contributed by atoms with van der Waals surface area (Å²) in [4.78, 5) is 12.1. The van der Waals surface area contributed by atoms with E-state index < -0.39 is 0 Å². The zero-order valence-electron chi connectivity index (χ0n) is 10.4. The minimum atomic E-state index is -0.370. The summed E-state index contributed by atoms with van der Waals surface area (Å²) in [5.41, 5.74) is 0.266. The quantitative estimate of drug-likeness (QED) is 0.682. The topological polar surface area (TPSA) is 37.3 Å². The molecular formula is C14H22O2. The minimum absolute atomic E-state index is 0.265. The van der Waals surface area contributed by atoms with E-state index in [0.717, 1.165) is 6.42 Å². The highest BCUT2D eigenvalue weighted by Crippen LogP contribution is 2.69. The molecule has 3 fully saturated rings. The molecule has 0 amide bonds. The average molecular weight is 222 g/mol. The highest BCUT2D eigenvalue weighted by Gasteiger charge is 2.68. The Morgan fingerprint density at radius 3 is 2.62 bits per heavy atom. The third-order valence-corrected chi connectivity index (χ3v) is 5.70. The van der Waals surface area contributed by atoms with Crippen LogP contribution in [0.2, 0.25) is 0 Å². The van der Waals surface area contributed by atoms with Gasteiger partial charge < -0.3 is 5.11 Å². The molecule has 6 atom stereocenters. The van der Waals surface area contributed by atoms with E-state index in [4.69, 9.17) is 0 Å². The van der Waals surface area contributed by atoms with Crippen molar-refractivity contribution in [3.63, 3.8) is 0 Å². The Hall–Kier alpha value is -0.370. The SMILES string of the molecule is C[C@@H]1CC[C@H]2C(=O)C[C@@H](O)[C@@H]3[C@H]([C@H]12)C3(C)C. The molecule has 3 saturated carbocycles. The molecule has 0 saturated heterocycles. The van der Waals surface area contributed by atoms with Crippen LogP contribution in [0.25, 0.3) is 0 Å². The molecule has 0 aromatic heterocycles. The molecule has 16 heavy (non-hydrogen) atoms. The molecule has 90 valence electrons. The maximum absolute atomic E-state index is 12.1. The van der Waals surface area contributed by atoms with Crippen LogP contribution in [-0.4, -0.2) is 17.0 Å². The van der Waals surface area contributed by atoms with Crippen LogP contribution in [0.1, 0.15) is 40.0 Å². The second-order valence-electron chi connectivity index (χ2n) is 6.85. The normalized spacial score (nSPS) is 54.1. The van der Waals surface area contributed by atoms with E-state index >= 15 is 0 Å². The van der Waals surface area contributed by atoms with Gasteiger partial charge in [0, 0.05) is 12.3 Å². The van der Waals surface area contributed by atoms with E-state index in [0.29, 0.717) is 35.9 Å². The number of fused-ring (bicyclic) bond motifs is 3. The van der Waals surface area contributed by atoms with Gasteiger partial charge in [0.25, 0.3) is 0 Å².